The number of piperidine rings is 1. The first kappa shape index (κ1) is 17.1. The van der Waals surface area contributed by atoms with E-state index in [0.29, 0.717) is 12.6 Å². The maximum atomic E-state index is 12.8. The summed E-state index contributed by atoms with van der Waals surface area (Å²) in [4.78, 5) is 17.0. The van der Waals surface area contributed by atoms with Gasteiger partial charge < -0.3 is 19.9 Å². The highest BCUT2D eigenvalue weighted by Crippen LogP contribution is 2.35. The molecule has 0 saturated carbocycles. The fraction of sp³-hybridized carbons (Fsp3) is 0.632. The van der Waals surface area contributed by atoms with E-state index in [1.54, 1.807) is 0 Å². The topological polar surface area (TPSA) is 44.8 Å². The van der Waals surface area contributed by atoms with Crippen LogP contribution in [0.2, 0.25) is 0 Å². The molecule has 1 fully saturated rings. The van der Waals surface area contributed by atoms with Gasteiger partial charge in [0.15, 0.2) is 0 Å². The number of nitrogens with zero attached hydrogens (tertiary/aromatic N) is 2. The number of nitrogens with one attached hydrogen (secondary N) is 1. The summed E-state index contributed by atoms with van der Waals surface area (Å²) in [6.45, 7) is 6.47. The van der Waals surface area contributed by atoms with Crippen LogP contribution in [0.5, 0.6) is 5.75 Å². The van der Waals surface area contributed by atoms with Gasteiger partial charge in [-0.25, -0.2) is 4.79 Å². The third-order valence-electron chi connectivity index (χ3n) is 5.19. The normalized spacial score (nSPS) is 23.6. The minimum Gasteiger partial charge on any atom is -0.493 e. The summed E-state index contributed by atoms with van der Waals surface area (Å²) < 4.78 is 5.84. The molecule has 0 aromatic heterocycles. The number of hydrogen-bond donors (Lipinski definition) is 1. The first-order valence-electron chi connectivity index (χ1n) is 8.91. The summed E-state index contributed by atoms with van der Waals surface area (Å²) in [6.07, 6.45) is 3.06. The number of benzene rings is 1. The number of hydrogen-bond acceptors (Lipinski definition) is 3. The molecule has 0 bridgehead atoms. The molecule has 2 amide bonds. The molecule has 1 N–H and O–H groups in total. The van der Waals surface area contributed by atoms with E-state index < -0.39 is 0 Å². The zero-order chi connectivity index (χ0) is 17.3. The van der Waals surface area contributed by atoms with Crippen LogP contribution in [0, 0.1) is 13.8 Å². The van der Waals surface area contributed by atoms with Crippen LogP contribution in [-0.4, -0.2) is 55.7 Å². The van der Waals surface area contributed by atoms with Crippen LogP contribution in [0.25, 0.3) is 0 Å². The molecule has 3 rings (SSSR count). The van der Waals surface area contributed by atoms with E-state index in [0.717, 1.165) is 49.2 Å². The fourth-order valence-electron chi connectivity index (χ4n) is 3.83. The lowest BCUT2D eigenvalue weighted by atomic mass is 9.96. The molecule has 24 heavy (non-hydrogen) atoms. The number of rotatable bonds is 2. The molecule has 2 atom stereocenters. The third kappa shape index (κ3) is 3.51. The molecule has 2 aliphatic heterocycles. The van der Waals surface area contributed by atoms with Crippen molar-refractivity contribution >= 4 is 6.03 Å². The highest BCUT2D eigenvalue weighted by Gasteiger charge is 2.29. The Morgan fingerprint density at radius 3 is 2.83 bits per heavy atom. The second kappa shape index (κ2) is 7.01. The maximum absolute atomic E-state index is 12.8. The Labute approximate surface area is 145 Å². The molecule has 1 aromatic rings. The number of likely N-dealkylation sites (tertiary alicyclic amines) is 1. The van der Waals surface area contributed by atoms with Crippen molar-refractivity contribution in [1.29, 1.82) is 0 Å². The molecule has 0 aliphatic carbocycles. The molecule has 2 aliphatic rings. The minimum atomic E-state index is 0.0413. The van der Waals surface area contributed by atoms with Crippen LogP contribution in [0.15, 0.2) is 12.1 Å². The van der Waals surface area contributed by atoms with Crippen LogP contribution in [0.1, 0.15) is 42.0 Å². The number of ether oxygens (including phenoxy) is 1. The van der Waals surface area contributed by atoms with E-state index >= 15 is 0 Å². The van der Waals surface area contributed by atoms with Crippen LogP contribution < -0.4 is 10.1 Å². The molecule has 5 heteroatoms. The Hall–Kier alpha value is -1.75. The lowest BCUT2D eigenvalue weighted by Gasteiger charge is -2.37. The molecule has 2 heterocycles. The lowest BCUT2D eigenvalue weighted by Crippen LogP contribution is -2.51. The molecule has 1 aromatic carbocycles. The number of urea groups is 1. The van der Waals surface area contributed by atoms with Crippen LogP contribution in [-0.2, 0) is 0 Å². The molecule has 1 saturated heterocycles. The van der Waals surface area contributed by atoms with Crippen molar-refractivity contribution in [2.75, 3.05) is 33.8 Å². The summed E-state index contributed by atoms with van der Waals surface area (Å²) in [5, 5.41) is 3.25. The van der Waals surface area contributed by atoms with Crippen molar-refractivity contribution in [3.8, 4) is 5.75 Å². The highest BCUT2D eigenvalue weighted by molar-refractivity contribution is 5.75. The van der Waals surface area contributed by atoms with Gasteiger partial charge in [-0.15, -0.1) is 0 Å². The molecule has 0 radical (unpaired) electrons. The summed E-state index contributed by atoms with van der Waals surface area (Å²) in [6, 6.07) is 4.83. The van der Waals surface area contributed by atoms with E-state index in [1.165, 1.54) is 5.56 Å². The molecule has 2 unspecified atom stereocenters. The van der Waals surface area contributed by atoms with Crippen molar-refractivity contribution in [2.45, 2.75) is 45.2 Å². The Morgan fingerprint density at radius 1 is 1.29 bits per heavy atom. The quantitative estimate of drug-likeness (QED) is 0.906. The van der Waals surface area contributed by atoms with Gasteiger partial charge in [-0.1, -0.05) is 17.7 Å². The van der Waals surface area contributed by atoms with Crippen molar-refractivity contribution in [2.24, 2.45) is 0 Å². The highest BCUT2D eigenvalue weighted by atomic mass is 16.5. The molecule has 0 spiro atoms. The number of carbonyl (C=O) groups excluding carboxylic acids is 1. The van der Waals surface area contributed by atoms with Gasteiger partial charge in [-0.05, 0) is 46.3 Å². The second-order valence-electron chi connectivity index (χ2n) is 7.35. The number of carbonyl (C=O) groups is 1. The minimum absolute atomic E-state index is 0.0413. The number of amides is 2. The molecular formula is C19H29N3O2. The Balaban J connectivity index is 1.72. The van der Waals surface area contributed by atoms with E-state index in [2.05, 4.69) is 50.3 Å². The SMILES string of the molecule is Cc1cc(C)c2c(c1)C(NC(=O)N1CCCC(N(C)C)C1)CCO2. The summed E-state index contributed by atoms with van der Waals surface area (Å²) in [5.74, 6) is 0.946. The standard InChI is InChI=1S/C19H29N3O2/c1-13-10-14(2)18-16(11-13)17(7-9-24-18)20-19(23)22-8-5-6-15(12-22)21(3)4/h10-11,15,17H,5-9,12H2,1-4H3,(H,20,23). The van der Waals surface area contributed by atoms with Gasteiger partial charge >= 0.3 is 6.03 Å². The number of fused-ring (bicyclic) bond motifs is 1. The van der Waals surface area contributed by atoms with Crippen molar-refractivity contribution in [1.82, 2.24) is 15.1 Å². The van der Waals surface area contributed by atoms with E-state index in [4.69, 9.17) is 4.74 Å². The van der Waals surface area contributed by atoms with Gasteiger partial charge in [0.25, 0.3) is 0 Å². The molecule has 5 nitrogen and oxygen atoms in total. The average Bonchev–Trinajstić information content (AvgIpc) is 2.55. The largest absolute Gasteiger partial charge is 0.493 e. The third-order valence-corrected chi connectivity index (χ3v) is 5.19. The Kier molecular flexibility index (Phi) is 4.99. The Bertz CT molecular complexity index is 615. The zero-order valence-electron chi connectivity index (χ0n) is 15.3. The van der Waals surface area contributed by atoms with Crippen molar-refractivity contribution < 1.29 is 9.53 Å². The number of likely N-dealkylation sites (N-methyl/N-ethyl adjacent to an activating group) is 1. The predicted octanol–water partition coefficient (Wildman–Crippen LogP) is 2.86. The van der Waals surface area contributed by atoms with E-state index in [9.17, 15) is 4.79 Å². The molecule has 132 valence electrons. The van der Waals surface area contributed by atoms with E-state index in [1.807, 2.05) is 4.90 Å². The van der Waals surface area contributed by atoms with Crippen molar-refractivity contribution in [3.05, 3.63) is 28.8 Å². The van der Waals surface area contributed by atoms with Crippen LogP contribution in [0.4, 0.5) is 4.79 Å². The lowest BCUT2D eigenvalue weighted by molar-refractivity contribution is 0.135. The van der Waals surface area contributed by atoms with Gasteiger partial charge in [0.1, 0.15) is 5.75 Å². The average molecular weight is 331 g/mol. The molecular weight excluding hydrogens is 302 g/mol. The van der Waals surface area contributed by atoms with Gasteiger partial charge in [-0.3, -0.25) is 0 Å². The summed E-state index contributed by atoms with van der Waals surface area (Å²) >= 11 is 0. The predicted molar refractivity (Wildman–Crippen MR) is 95.6 cm³/mol. The fourth-order valence-corrected chi connectivity index (χ4v) is 3.83. The van der Waals surface area contributed by atoms with Gasteiger partial charge in [0, 0.05) is 31.1 Å². The smallest absolute Gasteiger partial charge is 0.317 e. The maximum Gasteiger partial charge on any atom is 0.317 e. The van der Waals surface area contributed by atoms with E-state index in [-0.39, 0.29) is 12.1 Å². The first-order valence-corrected chi connectivity index (χ1v) is 8.91. The Morgan fingerprint density at radius 2 is 2.08 bits per heavy atom. The van der Waals surface area contributed by atoms with Crippen LogP contribution >= 0.6 is 0 Å². The van der Waals surface area contributed by atoms with Crippen LogP contribution in [0.3, 0.4) is 0 Å². The van der Waals surface area contributed by atoms with Crippen molar-refractivity contribution in [3.63, 3.8) is 0 Å². The number of aryl methyl sites for hydroxylation is 2. The first-order chi connectivity index (χ1) is 11.5. The second-order valence-corrected chi connectivity index (χ2v) is 7.35. The van der Waals surface area contributed by atoms with Gasteiger partial charge in [-0.2, -0.15) is 0 Å². The summed E-state index contributed by atoms with van der Waals surface area (Å²) in [7, 11) is 4.18. The zero-order valence-corrected chi connectivity index (χ0v) is 15.3. The van der Waals surface area contributed by atoms with Gasteiger partial charge in [0.2, 0.25) is 0 Å². The summed E-state index contributed by atoms with van der Waals surface area (Å²) in [5.41, 5.74) is 3.48. The monoisotopic (exact) mass is 331 g/mol. The van der Waals surface area contributed by atoms with Gasteiger partial charge in [0.05, 0.1) is 12.6 Å².